The van der Waals surface area contributed by atoms with Gasteiger partial charge in [0.15, 0.2) is 5.79 Å². The first-order chi connectivity index (χ1) is 10.2. The molecule has 1 heterocycles. The summed E-state index contributed by atoms with van der Waals surface area (Å²) in [6.45, 7) is 1.03. The maximum Gasteiger partial charge on any atom is 0.251 e. The SMILES string of the molecule is O=C(NCC1COC2(CCCCC2)O1)c1ccc(Cl)cc1. The van der Waals surface area contributed by atoms with Gasteiger partial charge in [-0.2, -0.15) is 0 Å². The lowest BCUT2D eigenvalue weighted by molar-refractivity contribution is -0.186. The second-order valence-electron chi connectivity index (χ2n) is 5.74. The number of rotatable bonds is 3. The molecule has 1 aromatic rings. The molecule has 2 fully saturated rings. The molecule has 1 atom stereocenters. The van der Waals surface area contributed by atoms with E-state index in [1.165, 1.54) is 6.42 Å². The monoisotopic (exact) mass is 309 g/mol. The lowest BCUT2D eigenvalue weighted by Crippen LogP contribution is -2.37. The Morgan fingerprint density at radius 3 is 2.67 bits per heavy atom. The fourth-order valence-corrected chi connectivity index (χ4v) is 3.11. The van der Waals surface area contributed by atoms with E-state index in [9.17, 15) is 4.79 Å². The number of nitrogens with one attached hydrogen (secondary N) is 1. The van der Waals surface area contributed by atoms with Crippen LogP contribution >= 0.6 is 11.6 Å². The quantitative estimate of drug-likeness (QED) is 0.933. The maximum absolute atomic E-state index is 12.0. The van der Waals surface area contributed by atoms with E-state index < -0.39 is 0 Å². The van der Waals surface area contributed by atoms with E-state index in [0.717, 1.165) is 25.7 Å². The lowest BCUT2D eigenvalue weighted by Gasteiger charge is -2.31. The Kier molecular flexibility index (Phi) is 4.48. The first-order valence-corrected chi connectivity index (χ1v) is 7.90. The summed E-state index contributed by atoms with van der Waals surface area (Å²) in [5.41, 5.74) is 0.602. The van der Waals surface area contributed by atoms with Crippen LogP contribution in [-0.2, 0) is 9.47 Å². The third-order valence-corrected chi connectivity index (χ3v) is 4.38. The average molecular weight is 310 g/mol. The van der Waals surface area contributed by atoms with E-state index >= 15 is 0 Å². The molecule has 1 spiro atoms. The van der Waals surface area contributed by atoms with Crippen molar-refractivity contribution in [2.75, 3.05) is 13.2 Å². The smallest absolute Gasteiger partial charge is 0.251 e. The molecule has 0 radical (unpaired) electrons. The van der Waals surface area contributed by atoms with Gasteiger partial charge in [0.2, 0.25) is 0 Å². The van der Waals surface area contributed by atoms with Gasteiger partial charge in [0, 0.05) is 30.0 Å². The summed E-state index contributed by atoms with van der Waals surface area (Å²) in [5.74, 6) is -0.492. The van der Waals surface area contributed by atoms with Crippen LogP contribution < -0.4 is 5.32 Å². The number of ether oxygens (including phenoxy) is 2. The molecule has 1 aromatic carbocycles. The number of halogens is 1. The van der Waals surface area contributed by atoms with Crippen molar-refractivity contribution >= 4 is 17.5 Å². The fourth-order valence-electron chi connectivity index (χ4n) is 2.98. The summed E-state index contributed by atoms with van der Waals surface area (Å²) in [5, 5.41) is 3.52. The van der Waals surface area contributed by atoms with Crippen LogP contribution in [0.1, 0.15) is 42.5 Å². The largest absolute Gasteiger partial charge is 0.349 e. The summed E-state index contributed by atoms with van der Waals surface area (Å²) in [6, 6.07) is 6.85. The molecule has 1 N–H and O–H groups in total. The van der Waals surface area contributed by atoms with Crippen LogP contribution in [0.15, 0.2) is 24.3 Å². The molecule has 21 heavy (non-hydrogen) atoms. The van der Waals surface area contributed by atoms with E-state index in [-0.39, 0.29) is 17.8 Å². The van der Waals surface area contributed by atoms with Gasteiger partial charge in [-0.1, -0.05) is 18.0 Å². The number of carbonyl (C=O) groups is 1. The van der Waals surface area contributed by atoms with Gasteiger partial charge in [0.1, 0.15) is 6.10 Å². The number of benzene rings is 1. The minimum atomic E-state index is -0.381. The Morgan fingerprint density at radius 2 is 1.95 bits per heavy atom. The van der Waals surface area contributed by atoms with E-state index in [1.54, 1.807) is 24.3 Å². The minimum absolute atomic E-state index is 0.0562. The predicted molar refractivity (Wildman–Crippen MR) is 80.4 cm³/mol. The Balaban J connectivity index is 1.49. The van der Waals surface area contributed by atoms with Gasteiger partial charge >= 0.3 is 0 Å². The molecule has 0 bridgehead atoms. The van der Waals surface area contributed by atoms with Crippen molar-refractivity contribution in [3.63, 3.8) is 0 Å². The van der Waals surface area contributed by atoms with Crippen LogP contribution in [0.2, 0.25) is 5.02 Å². The highest BCUT2D eigenvalue weighted by atomic mass is 35.5. The number of amides is 1. The highest BCUT2D eigenvalue weighted by molar-refractivity contribution is 6.30. The summed E-state index contributed by atoms with van der Waals surface area (Å²) < 4.78 is 11.9. The zero-order chi connectivity index (χ0) is 14.7. The Morgan fingerprint density at radius 1 is 1.24 bits per heavy atom. The minimum Gasteiger partial charge on any atom is -0.349 e. The third-order valence-electron chi connectivity index (χ3n) is 4.13. The van der Waals surface area contributed by atoms with Crippen LogP contribution in [-0.4, -0.2) is 30.9 Å². The van der Waals surface area contributed by atoms with Gasteiger partial charge in [0.05, 0.1) is 6.61 Å². The first-order valence-electron chi connectivity index (χ1n) is 7.52. The number of carbonyl (C=O) groups excluding carboxylic acids is 1. The van der Waals surface area contributed by atoms with E-state index in [2.05, 4.69) is 5.32 Å². The van der Waals surface area contributed by atoms with Crippen LogP contribution in [0.3, 0.4) is 0 Å². The zero-order valence-electron chi connectivity index (χ0n) is 11.9. The third kappa shape index (κ3) is 3.57. The summed E-state index contributed by atoms with van der Waals surface area (Å²) in [6.07, 6.45) is 5.45. The van der Waals surface area contributed by atoms with Crippen molar-refractivity contribution in [2.45, 2.75) is 44.0 Å². The fraction of sp³-hybridized carbons (Fsp3) is 0.562. The highest BCUT2D eigenvalue weighted by Crippen LogP contribution is 2.37. The molecular weight excluding hydrogens is 290 g/mol. The molecule has 1 aliphatic heterocycles. The highest BCUT2D eigenvalue weighted by Gasteiger charge is 2.42. The van der Waals surface area contributed by atoms with Gasteiger partial charge in [-0.25, -0.2) is 0 Å². The van der Waals surface area contributed by atoms with Crippen molar-refractivity contribution in [3.05, 3.63) is 34.9 Å². The maximum atomic E-state index is 12.0. The molecule has 3 rings (SSSR count). The van der Waals surface area contributed by atoms with Crippen molar-refractivity contribution in [1.82, 2.24) is 5.32 Å². The van der Waals surface area contributed by atoms with Crippen LogP contribution in [0.4, 0.5) is 0 Å². The second kappa shape index (κ2) is 6.34. The van der Waals surface area contributed by atoms with Crippen LogP contribution in [0.25, 0.3) is 0 Å². The Labute approximate surface area is 129 Å². The zero-order valence-corrected chi connectivity index (χ0v) is 12.7. The molecule has 0 aromatic heterocycles. The van der Waals surface area contributed by atoms with Gasteiger partial charge in [-0.3, -0.25) is 4.79 Å². The van der Waals surface area contributed by atoms with Crippen LogP contribution in [0, 0.1) is 0 Å². The second-order valence-corrected chi connectivity index (χ2v) is 6.18. The standard InChI is InChI=1S/C16H20ClNO3/c17-13-6-4-12(5-7-13)15(19)18-10-14-11-20-16(21-14)8-2-1-3-9-16/h4-7,14H,1-3,8-11H2,(H,18,19). The van der Waals surface area contributed by atoms with Crippen molar-refractivity contribution in [3.8, 4) is 0 Å². The normalized spacial score (nSPS) is 24.1. The number of hydrogen-bond acceptors (Lipinski definition) is 3. The van der Waals surface area contributed by atoms with Crippen molar-refractivity contribution in [2.24, 2.45) is 0 Å². The van der Waals surface area contributed by atoms with Gasteiger partial charge in [0.25, 0.3) is 5.91 Å². The summed E-state index contributed by atoms with van der Waals surface area (Å²) >= 11 is 5.81. The lowest BCUT2D eigenvalue weighted by atomic mass is 9.94. The molecular formula is C16H20ClNO3. The topological polar surface area (TPSA) is 47.6 Å². The molecule has 1 amide bonds. The van der Waals surface area contributed by atoms with E-state index in [4.69, 9.17) is 21.1 Å². The average Bonchev–Trinajstić information content (AvgIpc) is 2.89. The van der Waals surface area contributed by atoms with Crippen molar-refractivity contribution in [1.29, 1.82) is 0 Å². The van der Waals surface area contributed by atoms with Gasteiger partial charge < -0.3 is 14.8 Å². The van der Waals surface area contributed by atoms with Crippen LogP contribution in [0.5, 0.6) is 0 Å². The molecule has 1 aliphatic carbocycles. The number of hydrogen-bond donors (Lipinski definition) is 1. The summed E-state index contributed by atoms with van der Waals surface area (Å²) in [4.78, 5) is 12.0. The molecule has 5 heteroatoms. The predicted octanol–water partition coefficient (Wildman–Crippen LogP) is 3.15. The molecule has 1 saturated carbocycles. The molecule has 114 valence electrons. The Hall–Kier alpha value is -1.10. The molecule has 4 nitrogen and oxygen atoms in total. The molecule has 2 aliphatic rings. The van der Waals surface area contributed by atoms with Gasteiger partial charge in [-0.15, -0.1) is 0 Å². The Bertz CT molecular complexity index is 497. The molecule has 1 saturated heterocycles. The van der Waals surface area contributed by atoms with Gasteiger partial charge in [-0.05, 0) is 37.1 Å². The summed E-state index contributed by atoms with van der Waals surface area (Å²) in [7, 11) is 0. The van der Waals surface area contributed by atoms with Crippen molar-refractivity contribution < 1.29 is 14.3 Å². The first kappa shape index (κ1) is 14.8. The molecule has 1 unspecified atom stereocenters. The van der Waals surface area contributed by atoms with E-state index in [0.29, 0.717) is 23.7 Å². The van der Waals surface area contributed by atoms with E-state index in [1.807, 2.05) is 0 Å².